The second-order valence-electron chi connectivity index (χ2n) is 3.85. The summed E-state index contributed by atoms with van der Waals surface area (Å²) in [6.45, 7) is 0.460. The third-order valence-corrected chi connectivity index (χ3v) is 2.76. The molecule has 2 aromatic heterocycles. The van der Waals surface area contributed by atoms with E-state index in [0.717, 1.165) is 22.3 Å². The Morgan fingerprint density at radius 3 is 2.65 bits per heavy atom. The minimum absolute atomic E-state index is 0.460. The Kier molecular flexibility index (Phi) is 2.34. The molecule has 0 atom stereocenters. The zero-order valence-electron chi connectivity index (χ0n) is 9.24. The molecular formula is C13H12N4. The number of benzene rings is 1. The lowest BCUT2D eigenvalue weighted by molar-refractivity contribution is 0.941. The van der Waals surface area contributed by atoms with Gasteiger partial charge in [-0.1, -0.05) is 30.3 Å². The first kappa shape index (κ1) is 9.99. The van der Waals surface area contributed by atoms with Crippen molar-refractivity contribution in [2.24, 2.45) is 5.73 Å². The summed E-state index contributed by atoms with van der Waals surface area (Å²) >= 11 is 0. The predicted molar refractivity (Wildman–Crippen MR) is 66.3 cm³/mol. The average molecular weight is 224 g/mol. The van der Waals surface area contributed by atoms with E-state index in [1.165, 1.54) is 0 Å². The number of aromatic nitrogens is 3. The van der Waals surface area contributed by atoms with Crippen LogP contribution in [0.2, 0.25) is 0 Å². The van der Waals surface area contributed by atoms with E-state index >= 15 is 0 Å². The predicted octanol–water partition coefficient (Wildman–Crippen LogP) is 1.85. The van der Waals surface area contributed by atoms with Crippen molar-refractivity contribution in [3.8, 4) is 11.1 Å². The number of nitrogens with two attached hydrogens (primary N) is 1. The van der Waals surface area contributed by atoms with Crippen LogP contribution in [0.3, 0.4) is 0 Å². The van der Waals surface area contributed by atoms with E-state index in [9.17, 15) is 0 Å². The van der Waals surface area contributed by atoms with Gasteiger partial charge in [0.1, 0.15) is 0 Å². The Morgan fingerprint density at radius 2 is 1.88 bits per heavy atom. The quantitative estimate of drug-likeness (QED) is 0.722. The molecule has 17 heavy (non-hydrogen) atoms. The average Bonchev–Trinajstić information content (AvgIpc) is 2.81. The third-order valence-electron chi connectivity index (χ3n) is 2.76. The van der Waals surface area contributed by atoms with Gasteiger partial charge in [-0.25, -0.2) is 9.50 Å². The monoisotopic (exact) mass is 224 g/mol. The fourth-order valence-corrected chi connectivity index (χ4v) is 1.85. The molecule has 84 valence electrons. The molecule has 0 aliphatic heterocycles. The first-order chi connectivity index (χ1) is 8.38. The Hall–Kier alpha value is -2.20. The molecule has 2 heterocycles. The molecule has 0 amide bonds. The van der Waals surface area contributed by atoms with Crippen molar-refractivity contribution in [2.75, 3.05) is 0 Å². The molecule has 3 rings (SSSR count). The Bertz CT molecular complexity index is 643. The van der Waals surface area contributed by atoms with E-state index in [4.69, 9.17) is 5.73 Å². The van der Waals surface area contributed by atoms with Crippen molar-refractivity contribution in [1.29, 1.82) is 0 Å². The van der Waals surface area contributed by atoms with Gasteiger partial charge in [0.05, 0.1) is 6.20 Å². The first-order valence-electron chi connectivity index (χ1n) is 5.46. The Morgan fingerprint density at radius 1 is 1.06 bits per heavy atom. The van der Waals surface area contributed by atoms with Crippen LogP contribution in [0.1, 0.15) is 5.56 Å². The number of hydrogen-bond donors (Lipinski definition) is 1. The molecule has 4 nitrogen and oxygen atoms in total. The van der Waals surface area contributed by atoms with Crippen LogP contribution >= 0.6 is 0 Å². The maximum absolute atomic E-state index is 5.62. The summed E-state index contributed by atoms with van der Waals surface area (Å²) in [7, 11) is 0. The van der Waals surface area contributed by atoms with Crippen molar-refractivity contribution in [2.45, 2.75) is 6.54 Å². The lowest BCUT2D eigenvalue weighted by atomic mass is 10.1. The van der Waals surface area contributed by atoms with E-state index < -0.39 is 0 Å². The van der Waals surface area contributed by atoms with Crippen molar-refractivity contribution >= 4 is 5.65 Å². The highest BCUT2D eigenvalue weighted by atomic mass is 15.2. The van der Waals surface area contributed by atoms with Gasteiger partial charge in [0.25, 0.3) is 0 Å². The molecule has 0 aliphatic carbocycles. The van der Waals surface area contributed by atoms with Crippen LogP contribution in [-0.2, 0) is 6.54 Å². The highest BCUT2D eigenvalue weighted by Crippen LogP contribution is 2.18. The smallest absolute Gasteiger partial charge is 0.159 e. The summed E-state index contributed by atoms with van der Waals surface area (Å²) in [5.41, 5.74) is 9.58. The minimum atomic E-state index is 0.460. The van der Waals surface area contributed by atoms with E-state index in [0.29, 0.717) is 6.54 Å². The van der Waals surface area contributed by atoms with Crippen LogP contribution in [0.5, 0.6) is 0 Å². The summed E-state index contributed by atoms with van der Waals surface area (Å²) in [5, 5.41) is 4.25. The Labute approximate surface area is 98.7 Å². The van der Waals surface area contributed by atoms with Gasteiger partial charge >= 0.3 is 0 Å². The maximum Gasteiger partial charge on any atom is 0.159 e. The van der Waals surface area contributed by atoms with Crippen LogP contribution in [0.25, 0.3) is 16.8 Å². The molecule has 0 bridgehead atoms. The van der Waals surface area contributed by atoms with Crippen molar-refractivity contribution in [3.63, 3.8) is 0 Å². The van der Waals surface area contributed by atoms with Gasteiger partial charge in [-0.05, 0) is 5.56 Å². The van der Waals surface area contributed by atoms with Gasteiger partial charge in [0.2, 0.25) is 0 Å². The number of fused-ring (bicyclic) bond motifs is 1. The molecular weight excluding hydrogens is 212 g/mol. The van der Waals surface area contributed by atoms with Crippen LogP contribution in [0.15, 0.2) is 48.9 Å². The topological polar surface area (TPSA) is 56.2 Å². The minimum Gasteiger partial charge on any atom is -0.326 e. The normalized spacial score (nSPS) is 10.9. The van der Waals surface area contributed by atoms with Gasteiger partial charge < -0.3 is 5.73 Å². The zero-order chi connectivity index (χ0) is 11.7. The largest absolute Gasteiger partial charge is 0.326 e. The molecule has 3 aromatic rings. The summed E-state index contributed by atoms with van der Waals surface area (Å²) in [6, 6.07) is 10.1. The van der Waals surface area contributed by atoms with Gasteiger partial charge in [0.15, 0.2) is 5.65 Å². The molecule has 0 fully saturated rings. The molecule has 2 N–H and O–H groups in total. The highest BCUT2D eigenvalue weighted by Gasteiger charge is 2.05. The summed E-state index contributed by atoms with van der Waals surface area (Å²) in [4.78, 5) is 4.41. The van der Waals surface area contributed by atoms with E-state index in [-0.39, 0.29) is 0 Å². The van der Waals surface area contributed by atoms with Crippen molar-refractivity contribution < 1.29 is 0 Å². The SMILES string of the molecule is NCc1cnn2cc(-c3ccccc3)cnc12. The Balaban J connectivity index is 2.15. The molecule has 0 unspecified atom stereocenters. The van der Waals surface area contributed by atoms with Crippen molar-refractivity contribution in [3.05, 3.63) is 54.5 Å². The fourth-order valence-electron chi connectivity index (χ4n) is 1.85. The van der Waals surface area contributed by atoms with E-state index in [1.807, 2.05) is 30.6 Å². The lowest BCUT2D eigenvalue weighted by Crippen LogP contribution is -1.97. The molecule has 0 saturated heterocycles. The van der Waals surface area contributed by atoms with Crippen LogP contribution in [-0.4, -0.2) is 14.6 Å². The highest BCUT2D eigenvalue weighted by molar-refractivity contribution is 5.63. The first-order valence-corrected chi connectivity index (χ1v) is 5.46. The molecule has 0 radical (unpaired) electrons. The van der Waals surface area contributed by atoms with E-state index in [2.05, 4.69) is 22.2 Å². The maximum atomic E-state index is 5.62. The number of nitrogens with zero attached hydrogens (tertiary/aromatic N) is 3. The number of rotatable bonds is 2. The van der Waals surface area contributed by atoms with Gasteiger partial charge in [-0.2, -0.15) is 5.10 Å². The van der Waals surface area contributed by atoms with Crippen molar-refractivity contribution in [1.82, 2.24) is 14.6 Å². The molecule has 0 spiro atoms. The summed E-state index contributed by atoms with van der Waals surface area (Å²) < 4.78 is 1.77. The van der Waals surface area contributed by atoms with E-state index in [1.54, 1.807) is 10.7 Å². The third kappa shape index (κ3) is 1.68. The van der Waals surface area contributed by atoms with Crippen LogP contribution < -0.4 is 5.73 Å². The summed E-state index contributed by atoms with van der Waals surface area (Å²) in [5.74, 6) is 0. The molecule has 0 aliphatic rings. The summed E-state index contributed by atoms with van der Waals surface area (Å²) in [6.07, 6.45) is 5.58. The zero-order valence-corrected chi connectivity index (χ0v) is 9.24. The lowest BCUT2D eigenvalue weighted by Gasteiger charge is -2.01. The second kappa shape index (κ2) is 3.99. The fraction of sp³-hybridized carbons (Fsp3) is 0.0769. The molecule has 1 aromatic carbocycles. The number of hydrogen-bond acceptors (Lipinski definition) is 3. The van der Waals surface area contributed by atoms with Gasteiger partial charge in [-0.3, -0.25) is 0 Å². The van der Waals surface area contributed by atoms with Gasteiger partial charge in [-0.15, -0.1) is 0 Å². The van der Waals surface area contributed by atoms with Crippen LogP contribution in [0, 0.1) is 0 Å². The second-order valence-corrected chi connectivity index (χ2v) is 3.85. The van der Waals surface area contributed by atoms with Crippen LogP contribution in [0.4, 0.5) is 0 Å². The standard InChI is InChI=1S/C13H12N4/c14-6-11-8-16-17-9-12(7-15-13(11)17)10-4-2-1-3-5-10/h1-5,7-9H,6,14H2. The molecule has 4 heteroatoms. The molecule has 0 saturated carbocycles. The van der Waals surface area contributed by atoms with Gasteiger partial charge in [0, 0.05) is 30.1 Å².